The fraction of sp³-hybridized carbons (Fsp3) is 0.833. The van der Waals surface area contributed by atoms with Crippen LogP contribution in [-0.2, 0) is 23.9 Å². The standard InChI is InChI=1S/C18H34N4O10/c1-7(31-15-13(20)18(30)32-10(6-23)14(15)27)5-22(17(29)12(19)8(2)24)9(16(21)28)3-4-11(25)26/h7-10,12-15,18,23-24,27,30H,3-6,19-20H2,1-2H3,(H2,21,28)(H,25,26)/t7?,8-,9-,10-,12+,13-,14-,15-,18+/m1/s1. The Morgan fingerprint density at radius 1 is 1.22 bits per heavy atom. The first-order chi connectivity index (χ1) is 14.8. The van der Waals surface area contributed by atoms with E-state index >= 15 is 0 Å². The first-order valence-corrected chi connectivity index (χ1v) is 10.1. The lowest BCUT2D eigenvalue weighted by Crippen LogP contribution is -2.64. The number of carboxylic acids is 1. The average Bonchev–Trinajstić information content (AvgIpc) is 2.71. The SMILES string of the molecule is CC(CN(C(=O)[C@@H](N)[C@@H](C)O)[C@H](CCC(=O)O)C(N)=O)O[C@@H]1[C@@H](N)[C@@H](O)O[C@H](CO)[C@H]1O. The zero-order valence-electron chi connectivity index (χ0n) is 18.0. The van der Waals surface area contributed by atoms with E-state index in [1.165, 1.54) is 13.8 Å². The Balaban J connectivity index is 3.09. The van der Waals surface area contributed by atoms with Gasteiger partial charge in [0.1, 0.15) is 30.4 Å². The molecule has 0 aromatic heterocycles. The van der Waals surface area contributed by atoms with E-state index < -0.39 is 85.7 Å². The molecule has 32 heavy (non-hydrogen) atoms. The second-order valence-electron chi connectivity index (χ2n) is 7.83. The minimum absolute atomic E-state index is 0.305. The molecule has 186 valence electrons. The molecule has 1 fully saturated rings. The summed E-state index contributed by atoms with van der Waals surface area (Å²) in [4.78, 5) is 36.7. The number of hydrogen-bond donors (Lipinski definition) is 8. The number of carboxylic acid groups (broad SMARTS) is 1. The number of aliphatic carboxylic acids is 1. The van der Waals surface area contributed by atoms with Crippen molar-refractivity contribution in [1.29, 1.82) is 0 Å². The van der Waals surface area contributed by atoms with E-state index in [9.17, 15) is 34.8 Å². The molecule has 1 unspecified atom stereocenters. The number of hydrogen-bond acceptors (Lipinski definition) is 11. The van der Waals surface area contributed by atoms with Gasteiger partial charge < -0.3 is 57.1 Å². The van der Waals surface area contributed by atoms with Crippen LogP contribution in [0.3, 0.4) is 0 Å². The van der Waals surface area contributed by atoms with Crippen LogP contribution in [-0.4, -0.2) is 116 Å². The highest BCUT2D eigenvalue weighted by Crippen LogP contribution is 2.23. The predicted octanol–water partition coefficient (Wildman–Crippen LogP) is -4.59. The predicted molar refractivity (Wildman–Crippen MR) is 108 cm³/mol. The van der Waals surface area contributed by atoms with Gasteiger partial charge in [0.15, 0.2) is 6.29 Å². The van der Waals surface area contributed by atoms with Crippen LogP contribution in [0.4, 0.5) is 0 Å². The minimum atomic E-state index is -1.54. The number of ether oxygens (including phenoxy) is 2. The second kappa shape index (κ2) is 12.4. The zero-order chi connectivity index (χ0) is 24.7. The molecule has 1 saturated heterocycles. The first kappa shape index (κ1) is 28.1. The van der Waals surface area contributed by atoms with Gasteiger partial charge in [-0.15, -0.1) is 0 Å². The van der Waals surface area contributed by atoms with Crippen LogP contribution in [0.2, 0.25) is 0 Å². The molecule has 11 N–H and O–H groups in total. The Hall–Kier alpha value is -1.91. The van der Waals surface area contributed by atoms with E-state index in [1.807, 2.05) is 0 Å². The topological polar surface area (TPSA) is 252 Å². The minimum Gasteiger partial charge on any atom is -0.481 e. The van der Waals surface area contributed by atoms with Crippen molar-refractivity contribution < 1.29 is 49.4 Å². The van der Waals surface area contributed by atoms with Gasteiger partial charge in [-0.05, 0) is 20.3 Å². The summed E-state index contributed by atoms with van der Waals surface area (Å²) >= 11 is 0. The molecule has 0 radical (unpaired) electrons. The van der Waals surface area contributed by atoms with Crippen molar-refractivity contribution >= 4 is 17.8 Å². The Morgan fingerprint density at radius 2 is 1.81 bits per heavy atom. The number of rotatable bonds is 12. The normalized spacial score (nSPS) is 29.6. The number of aliphatic hydroxyl groups excluding tert-OH is 4. The third kappa shape index (κ3) is 7.31. The Kier molecular flexibility index (Phi) is 10.9. The van der Waals surface area contributed by atoms with Crippen LogP contribution in [0.1, 0.15) is 26.7 Å². The van der Waals surface area contributed by atoms with E-state index in [-0.39, 0.29) is 13.0 Å². The lowest BCUT2D eigenvalue weighted by molar-refractivity contribution is -0.263. The summed E-state index contributed by atoms with van der Waals surface area (Å²) in [5, 5.41) is 48.2. The molecule has 1 aliphatic heterocycles. The van der Waals surface area contributed by atoms with Crippen LogP contribution >= 0.6 is 0 Å². The van der Waals surface area contributed by atoms with Gasteiger partial charge in [0, 0.05) is 13.0 Å². The van der Waals surface area contributed by atoms with Gasteiger partial charge in [0.05, 0.1) is 24.9 Å². The molecular formula is C18H34N4O10. The molecule has 9 atom stereocenters. The van der Waals surface area contributed by atoms with E-state index in [0.29, 0.717) is 0 Å². The van der Waals surface area contributed by atoms with Crippen molar-refractivity contribution in [3.63, 3.8) is 0 Å². The van der Waals surface area contributed by atoms with Gasteiger partial charge in [0.2, 0.25) is 11.8 Å². The summed E-state index contributed by atoms with van der Waals surface area (Å²) in [5.74, 6) is -3.06. The first-order valence-electron chi connectivity index (χ1n) is 10.1. The molecule has 14 nitrogen and oxygen atoms in total. The summed E-state index contributed by atoms with van der Waals surface area (Å²) in [6, 6.07) is -3.98. The van der Waals surface area contributed by atoms with Crippen LogP contribution in [0.25, 0.3) is 0 Å². The fourth-order valence-corrected chi connectivity index (χ4v) is 3.34. The lowest BCUT2D eigenvalue weighted by atomic mass is 9.97. The van der Waals surface area contributed by atoms with Gasteiger partial charge in [0.25, 0.3) is 0 Å². The van der Waals surface area contributed by atoms with Gasteiger partial charge in [-0.1, -0.05) is 0 Å². The smallest absolute Gasteiger partial charge is 0.303 e. The summed E-state index contributed by atoms with van der Waals surface area (Å²) in [6.07, 6.45) is -8.31. The number of amides is 2. The maximum absolute atomic E-state index is 12.8. The van der Waals surface area contributed by atoms with Crippen LogP contribution in [0.15, 0.2) is 0 Å². The second-order valence-corrected chi connectivity index (χ2v) is 7.83. The van der Waals surface area contributed by atoms with Crippen molar-refractivity contribution in [3.8, 4) is 0 Å². The van der Waals surface area contributed by atoms with E-state index in [0.717, 1.165) is 4.90 Å². The maximum Gasteiger partial charge on any atom is 0.303 e. The number of nitrogens with zero attached hydrogens (tertiary/aromatic N) is 1. The number of carbonyl (C=O) groups is 3. The summed E-state index contributed by atoms with van der Waals surface area (Å²) in [5.41, 5.74) is 16.9. The summed E-state index contributed by atoms with van der Waals surface area (Å²) in [7, 11) is 0. The molecule has 0 aromatic rings. The molecule has 0 aliphatic carbocycles. The number of carbonyl (C=O) groups excluding carboxylic acids is 2. The molecule has 2 amide bonds. The zero-order valence-corrected chi connectivity index (χ0v) is 18.0. The number of nitrogens with two attached hydrogens (primary N) is 3. The lowest BCUT2D eigenvalue weighted by Gasteiger charge is -2.42. The Morgan fingerprint density at radius 3 is 2.28 bits per heavy atom. The van der Waals surface area contributed by atoms with Gasteiger partial charge in [-0.3, -0.25) is 14.4 Å². The van der Waals surface area contributed by atoms with Crippen molar-refractivity contribution in [3.05, 3.63) is 0 Å². The Bertz CT molecular complexity index is 651. The number of aliphatic hydroxyl groups is 4. The van der Waals surface area contributed by atoms with Crippen molar-refractivity contribution in [2.24, 2.45) is 17.2 Å². The van der Waals surface area contributed by atoms with E-state index in [4.69, 9.17) is 31.8 Å². The van der Waals surface area contributed by atoms with Crippen molar-refractivity contribution in [2.75, 3.05) is 13.2 Å². The molecule has 0 aromatic carbocycles. The van der Waals surface area contributed by atoms with Crippen molar-refractivity contribution in [2.45, 2.75) is 81.6 Å². The molecule has 1 heterocycles. The van der Waals surface area contributed by atoms with Crippen LogP contribution < -0.4 is 17.2 Å². The highest BCUT2D eigenvalue weighted by molar-refractivity contribution is 5.89. The van der Waals surface area contributed by atoms with E-state index in [2.05, 4.69) is 0 Å². The molecule has 1 rings (SSSR count). The maximum atomic E-state index is 12.8. The monoisotopic (exact) mass is 466 g/mol. The van der Waals surface area contributed by atoms with Gasteiger partial charge >= 0.3 is 5.97 Å². The summed E-state index contributed by atoms with van der Waals surface area (Å²) in [6.45, 7) is 1.79. The number of primary amides is 1. The van der Waals surface area contributed by atoms with Gasteiger partial charge in [-0.25, -0.2) is 0 Å². The van der Waals surface area contributed by atoms with Gasteiger partial charge in [-0.2, -0.15) is 0 Å². The third-order valence-corrected chi connectivity index (χ3v) is 5.19. The molecule has 0 spiro atoms. The molecule has 0 saturated carbocycles. The highest BCUT2D eigenvalue weighted by Gasteiger charge is 2.44. The largest absolute Gasteiger partial charge is 0.481 e. The van der Waals surface area contributed by atoms with Crippen molar-refractivity contribution in [1.82, 2.24) is 4.90 Å². The third-order valence-electron chi connectivity index (χ3n) is 5.19. The molecule has 0 bridgehead atoms. The average molecular weight is 466 g/mol. The molecule has 1 aliphatic rings. The molecule has 14 heteroatoms. The highest BCUT2D eigenvalue weighted by atomic mass is 16.6. The fourth-order valence-electron chi connectivity index (χ4n) is 3.34. The Labute approximate surface area is 184 Å². The van der Waals surface area contributed by atoms with Crippen LogP contribution in [0.5, 0.6) is 0 Å². The van der Waals surface area contributed by atoms with Crippen LogP contribution in [0, 0.1) is 0 Å². The quantitative estimate of drug-likeness (QED) is 0.135. The molecular weight excluding hydrogens is 432 g/mol. The van der Waals surface area contributed by atoms with E-state index in [1.54, 1.807) is 0 Å². The summed E-state index contributed by atoms with van der Waals surface area (Å²) < 4.78 is 10.7.